The minimum Gasteiger partial charge on any atom is -0.483 e. The Balaban J connectivity index is 1.18. The molecule has 3 heterocycles. The van der Waals surface area contributed by atoms with E-state index in [0.29, 0.717) is 11.8 Å². The standard InChI is InChI=1S/C26H37N5O2/c1-18-6-5-7-22(16-18)32-19(2)24-27-28-25(31(24)4)21-10-8-20(9-11-21)23-17-26(33-29-23)12-14-30(3)15-13-26/h5-7,16,19-21H,8-15,17H2,1-4H3/t19-,20-,21-/m1/s1. The Morgan fingerprint density at radius 3 is 2.52 bits per heavy atom. The number of ether oxygens (including phenoxy) is 1. The van der Waals surface area contributed by atoms with Crippen molar-refractivity contribution in [2.24, 2.45) is 18.1 Å². The van der Waals surface area contributed by atoms with Crippen LogP contribution in [0.2, 0.25) is 0 Å². The number of piperidine rings is 1. The third kappa shape index (κ3) is 4.65. The molecule has 1 saturated carbocycles. The van der Waals surface area contributed by atoms with E-state index in [1.54, 1.807) is 0 Å². The van der Waals surface area contributed by atoms with E-state index in [4.69, 9.17) is 9.57 Å². The van der Waals surface area contributed by atoms with Gasteiger partial charge in [0, 0.05) is 51.2 Å². The van der Waals surface area contributed by atoms with Crippen LogP contribution >= 0.6 is 0 Å². The summed E-state index contributed by atoms with van der Waals surface area (Å²) in [5.41, 5.74) is 2.47. The summed E-state index contributed by atoms with van der Waals surface area (Å²) in [4.78, 5) is 8.42. The van der Waals surface area contributed by atoms with Gasteiger partial charge in [-0.3, -0.25) is 0 Å². The van der Waals surface area contributed by atoms with Crippen LogP contribution < -0.4 is 4.74 Å². The molecule has 0 radical (unpaired) electrons. The fourth-order valence-electron chi connectivity index (χ4n) is 5.76. The van der Waals surface area contributed by atoms with Crippen LogP contribution in [0, 0.1) is 12.8 Å². The Hall–Kier alpha value is -2.41. The van der Waals surface area contributed by atoms with E-state index in [0.717, 1.165) is 75.4 Å². The number of likely N-dealkylation sites (tertiary alicyclic amines) is 1. The van der Waals surface area contributed by atoms with Gasteiger partial charge in [-0.1, -0.05) is 17.3 Å². The van der Waals surface area contributed by atoms with E-state index in [-0.39, 0.29) is 11.7 Å². The lowest BCUT2D eigenvalue weighted by Crippen LogP contribution is -2.43. The van der Waals surface area contributed by atoms with Gasteiger partial charge in [0.2, 0.25) is 0 Å². The van der Waals surface area contributed by atoms with Gasteiger partial charge in [0.25, 0.3) is 0 Å². The van der Waals surface area contributed by atoms with Crippen molar-refractivity contribution in [2.45, 2.75) is 76.4 Å². The zero-order valence-electron chi connectivity index (χ0n) is 20.5. The molecule has 2 aromatic rings. The summed E-state index contributed by atoms with van der Waals surface area (Å²) in [6.45, 7) is 6.33. The molecule has 178 valence electrons. The van der Waals surface area contributed by atoms with Crippen molar-refractivity contribution in [3.63, 3.8) is 0 Å². The fraction of sp³-hybridized carbons (Fsp3) is 0.654. The van der Waals surface area contributed by atoms with E-state index >= 15 is 0 Å². The maximum absolute atomic E-state index is 6.15. The highest BCUT2D eigenvalue weighted by atomic mass is 16.7. The van der Waals surface area contributed by atoms with Crippen LogP contribution in [0.25, 0.3) is 0 Å². The van der Waals surface area contributed by atoms with Crippen molar-refractivity contribution in [3.8, 4) is 5.75 Å². The molecule has 5 rings (SSSR count). The highest BCUT2D eigenvalue weighted by Gasteiger charge is 2.43. The lowest BCUT2D eigenvalue weighted by Gasteiger charge is -2.35. The molecule has 3 aliphatic rings. The SMILES string of the molecule is Cc1cccc(O[C@H](C)c2nnc([C@H]3CC[C@H](C4=NOC5(CCN(C)CC5)C4)CC3)n2C)c1. The van der Waals surface area contributed by atoms with Crippen molar-refractivity contribution < 1.29 is 9.57 Å². The Bertz CT molecular complexity index is 1000. The molecule has 1 aromatic heterocycles. The van der Waals surface area contributed by atoms with E-state index in [9.17, 15) is 0 Å². The number of hydrogen-bond donors (Lipinski definition) is 0. The maximum Gasteiger partial charge on any atom is 0.173 e. The molecule has 7 nitrogen and oxygen atoms in total. The molecule has 0 bridgehead atoms. The number of aryl methyl sites for hydroxylation is 1. The zero-order valence-corrected chi connectivity index (χ0v) is 20.5. The second kappa shape index (κ2) is 9.09. The van der Waals surface area contributed by atoms with Gasteiger partial charge in [0.05, 0.1) is 5.71 Å². The van der Waals surface area contributed by atoms with E-state index in [2.05, 4.69) is 58.0 Å². The predicted octanol–water partition coefficient (Wildman–Crippen LogP) is 4.78. The number of hydrogen-bond acceptors (Lipinski definition) is 6. The second-order valence-electron chi connectivity index (χ2n) is 10.4. The van der Waals surface area contributed by atoms with Gasteiger partial charge < -0.3 is 19.0 Å². The average molecular weight is 452 g/mol. The topological polar surface area (TPSA) is 64.8 Å². The van der Waals surface area contributed by atoms with Gasteiger partial charge in [-0.05, 0) is 64.3 Å². The van der Waals surface area contributed by atoms with Crippen LogP contribution in [0.1, 0.15) is 81.1 Å². The molecule has 1 aliphatic carbocycles. The minimum absolute atomic E-state index is 0.0232. The summed E-state index contributed by atoms with van der Waals surface area (Å²) in [5.74, 6) is 3.83. The van der Waals surface area contributed by atoms with Crippen molar-refractivity contribution in [1.29, 1.82) is 0 Å². The van der Waals surface area contributed by atoms with E-state index in [1.807, 2.05) is 19.1 Å². The van der Waals surface area contributed by atoms with Gasteiger partial charge in [-0.15, -0.1) is 10.2 Å². The molecule has 1 spiro atoms. The second-order valence-corrected chi connectivity index (χ2v) is 10.4. The lowest BCUT2D eigenvalue weighted by atomic mass is 9.76. The van der Waals surface area contributed by atoms with Crippen LogP contribution in [0.5, 0.6) is 5.75 Å². The third-order valence-electron chi connectivity index (χ3n) is 7.93. The van der Waals surface area contributed by atoms with Crippen molar-refractivity contribution in [2.75, 3.05) is 20.1 Å². The van der Waals surface area contributed by atoms with E-state index < -0.39 is 0 Å². The summed E-state index contributed by atoms with van der Waals surface area (Å²) in [6.07, 6.45) is 7.62. The molecular weight excluding hydrogens is 414 g/mol. The van der Waals surface area contributed by atoms with Gasteiger partial charge in [-0.25, -0.2) is 0 Å². The summed E-state index contributed by atoms with van der Waals surface area (Å²) in [7, 11) is 4.27. The normalized spacial score (nSPS) is 26.1. The molecule has 0 amide bonds. The molecular formula is C26H37N5O2. The molecule has 2 aliphatic heterocycles. The largest absolute Gasteiger partial charge is 0.483 e. The van der Waals surface area contributed by atoms with Gasteiger partial charge in [-0.2, -0.15) is 0 Å². The average Bonchev–Trinajstić information content (AvgIpc) is 3.40. The molecule has 1 saturated heterocycles. The van der Waals surface area contributed by atoms with Crippen LogP contribution in [-0.4, -0.2) is 51.1 Å². The molecule has 1 aromatic carbocycles. The maximum atomic E-state index is 6.15. The number of aromatic nitrogens is 3. The summed E-state index contributed by atoms with van der Waals surface area (Å²) < 4.78 is 8.30. The minimum atomic E-state index is -0.148. The lowest BCUT2D eigenvalue weighted by molar-refractivity contribution is -0.0578. The number of oxime groups is 1. The Labute approximate surface area is 197 Å². The third-order valence-corrected chi connectivity index (χ3v) is 7.93. The molecule has 0 N–H and O–H groups in total. The van der Waals surface area contributed by atoms with Gasteiger partial charge in [0.1, 0.15) is 17.2 Å². The highest BCUT2D eigenvalue weighted by Crippen LogP contribution is 2.41. The van der Waals surface area contributed by atoms with Crippen LogP contribution in [-0.2, 0) is 11.9 Å². The molecule has 7 heteroatoms. The first-order valence-corrected chi connectivity index (χ1v) is 12.5. The first-order valence-electron chi connectivity index (χ1n) is 12.5. The van der Waals surface area contributed by atoms with Crippen molar-refractivity contribution in [1.82, 2.24) is 19.7 Å². The van der Waals surface area contributed by atoms with Crippen LogP contribution in [0.3, 0.4) is 0 Å². The van der Waals surface area contributed by atoms with Gasteiger partial charge >= 0.3 is 0 Å². The summed E-state index contributed by atoms with van der Waals surface area (Å²) in [6, 6.07) is 8.14. The molecule has 2 fully saturated rings. The van der Waals surface area contributed by atoms with E-state index in [1.165, 1.54) is 11.3 Å². The Morgan fingerprint density at radius 1 is 1.06 bits per heavy atom. The number of rotatable bonds is 5. The fourth-order valence-corrected chi connectivity index (χ4v) is 5.76. The van der Waals surface area contributed by atoms with Crippen molar-refractivity contribution >= 4 is 5.71 Å². The van der Waals surface area contributed by atoms with Crippen LogP contribution in [0.4, 0.5) is 0 Å². The van der Waals surface area contributed by atoms with Gasteiger partial charge in [0.15, 0.2) is 11.9 Å². The molecule has 1 atom stereocenters. The summed E-state index contributed by atoms with van der Waals surface area (Å²) in [5, 5.41) is 13.7. The summed E-state index contributed by atoms with van der Waals surface area (Å²) >= 11 is 0. The Kier molecular flexibility index (Phi) is 6.16. The monoisotopic (exact) mass is 451 g/mol. The van der Waals surface area contributed by atoms with Crippen LogP contribution in [0.15, 0.2) is 29.4 Å². The quantitative estimate of drug-likeness (QED) is 0.655. The van der Waals surface area contributed by atoms with Crippen molar-refractivity contribution in [3.05, 3.63) is 41.5 Å². The first-order chi connectivity index (χ1) is 15.9. The first kappa shape index (κ1) is 22.4. The molecule has 0 unspecified atom stereocenters. The predicted molar refractivity (Wildman–Crippen MR) is 129 cm³/mol. The Morgan fingerprint density at radius 2 is 1.79 bits per heavy atom. The number of benzene rings is 1. The zero-order chi connectivity index (χ0) is 23.0. The molecule has 33 heavy (non-hydrogen) atoms. The number of nitrogens with zero attached hydrogens (tertiary/aromatic N) is 5. The highest BCUT2D eigenvalue weighted by molar-refractivity contribution is 5.88. The smallest absolute Gasteiger partial charge is 0.173 e.